The molecule has 0 radical (unpaired) electrons. The number of nitrogens with one attached hydrogen (secondary N) is 1. The smallest absolute Gasteiger partial charge is 0.227 e. The van der Waals surface area contributed by atoms with Crippen LogP contribution in [0.1, 0.15) is 37.0 Å². The molecule has 1 amide bonds. The fourth-order valence-corrected chi connectivity index (χ4v) is 2.04. The van der Waals surface area contributed by atoms with Crippen molar-refractivity contribution in [1.82, 2.24) is 15.5 Å². The number of carbonyl (C=O) groups excluding carboxylic acids is 1. The van der Waals surface area contributed by atoms with Crippen LogP contribution in [0.4, 0.5) is 0 Å². The first-order valence-electron chi connectivity index (χ1n) is 7.53. The molecule has 6 nitrogen and oxygen atoms in total. The predicted octanol–water partition coefficient (Wildman–Crippen LogP) is 2.02. The summed E-state index contributed by atoms with van der Waals surface area (Å²) in [5.74, 6) is 1.06. The van der Waals surface area contributed by atoms with E-state index in [2.05, 4.69) is 22.4 Å². The number of amides is 1. The van der Waals surface area contributed by atoms with E-state index in [1.54, 1.807) is 18.2 Å². The van der Waals surface area contributed by atoms with Gasteiger partial charge in [-0.15, -0.1) is 0 Å². The molecule has 1 heterocycles. The van der Waals surface area contributed by atoms with E-state index in [9.17, 15) is 9.90 Å². The van der Waals surface area contributed by atoms with Gasteiger partial charge < -0.3 is 14.9 Å². The van der Waals surface area contributed by atoms with E-state index in [0.29, 0.717) is 31.1 Å². The number of benzene rings is 1. The number of aryl methyl sites for hydroxylation is 2. The predicted molar refractivity (Wildman–Crippen MR) is 81.4 cm³/mol. The molecule has 1 aromatic heterocycles. The van der Waals surface area contributed by atoms with Crippen molar-refractivity contribution in [3.63, 3.8) is 0 Å². The SMILES string of the molecule is CCCCNC(=O)Cc1noc(CCc2cccc(O)c2)n1. The Balaban J connectivity index is 1.80. The number of aromatic nitrogens is 2. The zero-order valence-corrected chi connectivity index (χ0v) is 12.7. The summed E-state index contributed by atoms with van der Waals surface area (Å²) in [6, 6.07) is 7.06. The summed E-state index contributed by atoms with van der Waals surface area (Å²) in [6.07, 6.45) is 3.42. The average molecular weight is 303 g/mol. The number of carbonyl (C=O) groups is 1. The molecular weight excluding hydrogens is 282 g/mol. The van der Waals surface area contributed by atoms with E-state index in [4.69, 9.17) is 4.52 Å². The Hall–Kier alpha value is -2.37. The molecule has 2 N–H and O–H groups in total. The van der Waals surface area contributed by atoms with E-state index in [0.717, 1.165) is 18.4 Å². The molecule has 0 atom stereocenters. The van der Waals surface area contributed by atoms with Crippen molar-refractivity contribution >= 4 is 5.91 Å². The van der Waals surface area contributed by atoms with E-state index in [-0.39, 0.29) is 18.1 Å². The molecule has 0 spiro atoms. The van der Waals surface area contributed by atoms with E-state index < -0.39 is 0 Å². The molecule has 1 aromatic carbocycles. The lowest BCUT2D eigenvalue weighted by atomic mass is 10.1. The summed E-state index contributed by atoms with van der Waals surface area (Å²) in [5.41, 5.74) is 0.997. The third-order valence-electron chi connectivity index (χ3n) is 3.22. The van der Waals surface area contributed by atoms with Crippen LogP contribution in [0.5, 0.6) is 5.75 Å². The number of phenols is 1. The molecule has 0 bridgehead atoms. The van der Waals surface area contributed by atoms with Gasteiger partial charge in [-0.1, -0.05) is 30.6 Å². The molecule has 0 aliphatic heterocycles. The number of phenolic OH excluding ortho intramolecular Hbond substituents is 1. The summed E-state index contributed by atoms with van der Waals surface area (Å²) in [5, 5.41) is 16.0. The highest BCUT2D eigenvalue weighted by Crippen LogP contribution is 2.13. The van der Waals surface area contributed by atoms with Crippen LogP contribution >= 0.6 is 0 Å². The molecule has 0 saturated carbocycles. The number of nitrogens with zero attached hydrogens (tertiary/aromatic N) is 2. The number of rotatable bonds is 8. The standard InChI is InChI=1S/C16H21N3O3/c1-2-3-9-17-15(21)11-14-18-16(22-19-14)8-7-12-5-4-6-13(20)10-12/h4-6,10,20H,2-3,7-9,11H2,1H3,(H,17,21). The van der Waals surface area contributed by atoms with Crippen molar-refractivity contribution < 1.29 is 14.4 Å². The minimum atomic E-state index is -0.0891. The van der Waals surface area contributed by atoms with Gasteiger partial charge in [0.15, 0.2) is 5.82 Å². The highest BCUT2D eigenvalue weighted by atomic mass is 16.5. The lowest BCUT2D eigenvalue weighted by Gasteiger charge is -2.00. The van der Waals surface area contributed by atoms with Gasteiger partial charge in [0.2, 0.25) is 11.8 Å². The van der Waals surface area contributed by atoms with Crippen LogP contribution in [0.2, 0.25) is 0 Å². The van der Waals surface area contributed by atoms with Crippen molar-refractivity contribution in [2.75, 3.05) is 6.54 Å². The molecule has 0 fully saturated rings. The number of hydrogen-bond donors (Lipinski definition) is 2. The van der Waals surface area contributed by atoms with Crippen LogP contribution in [0.15, 0.2) is 28.8 Å². The Bertz CT molecular complexity index is 610. The maximum atomic E-state index is 11.7. The zero-order valence-electron chi connectivity index (χ0n) is 12.7. The van der Waals surface area contributed by atoms with Gasteiger partial charge in [0, 0.05) is 13.0 Å². The maximum Gasteiger partial charge on any atom is 0.227 e. The van der Waals surface area contributed by atoms with Crippen molar-refractivity contribution in [2.24, 2.45) is 0 Å². The fourth-order valence-electron chi connectivity index (χ4n) is 2.04. The second-order valence-corrected chi connectivity index (χ2v) is 5.15. The Morgan fingerprint density at radius 3 is 3.00 bits per heavy atom. The first kappa shape index (κ1) is 16.0. The molecule has 0 saturated heterocycles. The first-order valence-corrected chi connectivity index (χ1v) is 7.53. The average Bonchev–Trinajstić information content (AvgIpc) is 2.93. The Labute approximate surface area is 129 Å². The molecule has 0 unspecified atom stereocenters. The monoisotopic (exact) mass is 303 g/mol. The Morgan fingerprint density at radius 2 is 2.23 bits per heavy atom. The fraction of sp³-hybridized carbons (Fsp3) is 0.438. The van der Waals surface area contributed by atoms with E-state index >= 15 is 0 Å². The molecule has 118 valence electrons. The third kappa shape index (κ3) is 5.20. The summed E-state index contributed by atoms with van der Waals surface area (Å²) in [4.78, 5) is 15.9. The topological polar surface area (TPSA) is 88.2 Å². The molecule has 6 heteroatoms. The largest absolute Gasteiger partial charge is 0.508 e. The van der Waals surface area contributed by atoms with Crippen molar-refractivity contribution in [1.29, 1.82) is 0 Å². The zero-order chi connectivity index (χ0) is 15.8. The van der Waals surface area contributed by atoms with Crippen LogP contribution in [0, 0.1) is 0 Å². The van der Waals surface area contributed by atoms with Gasteiger partial charge in [0.25, 0.3) is 0 Å². The normalized spacial score (nSPS) is 10.6. The van der Waals surface area contributed by atoms with Crippen LogP contribution in [-0.2, 0) is 24.1 Å². The maximum absolute atomic E-state index is 11.7. The number of hydrogen-bond acceptors (Lipinski definition) is 5. The molecule has 2 rings (SSSR count). The second-order valence-electron chi connectivity index (χ2n) is 5.15. The lowest BCUT2D eigenvalue weighted by molar-refractivity contribution is -0.120. The van der Waals surface area contributed by atoms with Crippen LogP contribution in [0.3, 0.4) is 0 Å². The van der Waals surface area contributed by atoms with Crippen LogP contribution in [-0.4, -0.2) is 27.7 Å². The van der Waals surface area contributed by atoms with E-state index in [1.165, 1.54) is 0 Å². The third-order valence-corrected chi connectivity index (χ3v) is 3.22. The number of unbranched alkanes of at least 4 members (excludes halogenated alkanes) is 1. The minimum absolute atomic E-state index is 0.0891. The lowest BCUT2D eigenvalue weighted by Crippen LogP contribution is -2.26. The summed E-state index contributed by atoms with van der Waals surface area (Å²) < 4.78 is 5.14. The highest BCUT2D eigenvalue weighted by Gasteiger charge is 2.10. The molecule has 22 heavy (non-hydrogen) atoms. The van der Waals surface area contributed by atoms with Gasteiger partial charge in [-0.2, -0.15) is 4.98 Å². The summed E-state index contributed by atoms with van der Waals surface area (Å²) in [7, 11) is 0. The quantitative estimate of drug-likeness (QED) is 0.728. The summed E-state index contributed by atoms with van der Waals surface area (Å²) in [6.45, 7) is 2.75. The molecular formula is C16H21N3O3. The summed E-state index contributed by atoms with van der Waals surface area (Å²) >= 11 is 0. The first-order chi connectivity index (χ1) is 10.7. The van der Waals surface area contributed by atoms with Crippen LogP contribution < -0.4 is 5.32 Å². The van der Waals surface area contributed by atoms with Gasteiger partial charge in [-0.05, 0) is 30.5 Å². The Kier molecular flexibility index (Phi) is 5.94. The minimum Gasteiger partial charge on any atom is -0.508 e. The highest BCUT2D eigenvalue weighted by molar-refractivity contribution is 5.77. The van der Waals surface area contributed by atoms with Gasteiger partial charge in [-0.3, -0.25) is 4.79 Å². The van der Waals surface area contributed by atoms with Crippen LogP contribution in [0.25, 0.3) is 0 Å². The van der Waals surface area contributed by atoms with Gasteiger partial charge in [-0.25, -0.2) is 0 Å². The van der Waals surface area contributed by atoms with Crippen molar-refractivity contribution in [3.8, 4) is 5.75 Å². The van der Waals surface area contributed by atoms with Gasteiger partial charge in [0.1, 0.15) is 5.75 Å². The van der Waals surface area contributed by atoms with Crippen molar-refractivity contribution in [2.45, 2.75) is 39.0 Å². The second kappa shape index (κ2) is 8.17. The van der Waals surface area contributed by atoms with Crippen molar-refractivity contribution in [3.05, 3.63) is 41.5 Å². The molecule has 0 aliphatic carbocycles. The van der Waals surface area contributed by atoms with Gasteiger partial charge in [0.05, 0.1) is 6.42 Å². The Morgan fingerprint density at radius 1 is 1.36 bits per heavy atom. The van der Waals surface area contributed by atoms with Gasteiger partial charge >= 0.3 is 0 Å². The van der Waals surface area contributed by atoms with E-state index in [1.807, 2.05) is 6.07 Å². The molecule has 2 aromatic rings. The molecule has 0 aliphatic rings. The number of aromatic hydroxyl groups is 1.